The maximum absolute atomic E-state index is 4.20. The van der Waals surface area contributed by atoms with Gasteiger partial charge >= 0.3 is 0 Å². The number of unbranched alkanes of at least 4 members (excludes halogenated alkanes) is 1. The number of allylic oxidation sites excluding steroid dienone is 6. The van der Waals surface area contributed by atoms with E-state index in [2.05, 4.69) is 18.8 Å². The lowest BCUT2D eigenvalue weighted by atomic mass is 10.3. The average molecular weight is 176 g/mol. The monoisotopic (exact) mass is 176 g/mol. The van der Waals surface area contributed by atoms with Crippen LogP contribution in [0, 0.1) is 6.92 Å². The van der Waals surface area contributed by atoms with E-state index in [0.29, 0.717) is 0 Å². The van der Waals surface area contributed by atoms with Crippen LogP contribution in [0.25, 0.3) is 0 Å². The van der Waals surface area contributed by atoms with Gasteiger partial charge in [-0.15, -0.1) is 0 Å². The van der Waals surface area contributed by atoms with E-state index in [4.69, 9.17) is 0 Å². The summed E-state index contributed by atoms with van der Waals surface area (Å²) in [5, 5.41) is 0. The van der Waals surface area contributed by atoms with Gasteiger partial charge in [0.25, 0.3) is 0 Å². The average Bonchev–Trinajstić information content (AvgIpc) is 2.16. The molecule has 0 spiro atoms. The normalized spacial score (nSPS) is 13.1. The summed E-state index contributed by atoms with van der Waals surface area (Å²) >= 11 is 0. The van der Waals surface area contributed by atoms with Crippen molar-refractivity contribution in [1.29, 1.82) is 0 Å². The highest BCUT2D eigenvalue weighted by atomic mass is 14.7. The fourth-order valence-electron chi connectivity index (χ4n) is 0.706. The predicted octanol–water partition coefficient (Wildman–Crippen LogP) is 3.36. The molecule has 1 heteroatoms. The molecule has 71 valence electrons. The summed E-state index contributed by atoms with van der Waals surface area (Å²) in [6.45, 7) is 6.67. The van der Waals surface area contributed by atoms with Crippen LogP contribution in [0.4, 0.5) is 0 Å². The molecule has 0 atom stereocenters. The highest BCUT2D eigenvalue weighted by molar-refractivity contribution is 5.71. The first-order valence-electron chi connectivity index (χ1n) is 4.69. The molecule has 1 radical (unpaired) electrons. The molecule has 0 bridgehead atoms. The van der Waals surface area contributed by atoms with Crippen LogP contribution in [0.2, 0.25) is 0 Å². The minimum Gasteiger partial charge on any atom is -0.293 e. The SMILES string of the molecule is [CH2]\C=C/C=C\C=C/C=NCCCC. The number of rotatable bonds is 6. The highest BCUT2D eigenvalue weighted by Gasteiger charge is 1.74. The van der Waals surface area contributed by atoms with Gasteiger partial charge in [-0.2, -0.15) is 0 Å². The Hall–Kier alpha value is -1.11. The molecule has 13 heavy (non-hydrogen) atoms. The topological polar surface area (TPSA) is 12.4 Å². The molecular formula is C12H18N. The van der Waals surface area contributed by atoms with Crippen molar-refractivity contribution in [3.63, 3.8) is 0 Å². The molecule has 0 aliphatic rings. The summed E-state index contributed by atoms with van der Waals surface area (Å²) in [5.74, 6) is 0. The second-order valence-electron chi connectivity index (χ2n) is 2.61. The van der Waals surface area contributed by atoms with E-state index in [1.807, 2.05) is 36.6 Å². The number of aliphatic imine (C=N–C) groups is 1. The summed E-state index contributed by atoms with van der Waals surface area (Å²) in [6, 6.07) is 0. The Morgan fingerprint density at radius 2 is 1.77 bits per heavy atom. The number of hydrogen-bond acceptors (Lipinski definition) is 1. The fraction of sp³-hybridized carbons (Fsp3) is 0.333. The maximum Gasteiger partial charge on any atom is 0.0389 e. The van der Waals surface area contributed by atoms with Crippen LogP contribution in [0.1, 0.15) is 19.8 Å². The molecule has 0 aromatic rings. The Kier molecular flexibility index (Phi) is 9.96. The van der Waals surface area contributed by atoms with E-state index in [-0.39, 0.29) is 0 Å². The fourth-order valence-corrected chi connectivity index (χ4v) is 0.706. The molecule has 0 fully saturated rings. The molecule has 0 heterocycles. The van der Waals surface area contributed by atoms with Crippen LogP contribution in [0.3, 0.4) is 0 Å². The van der Waals surface area contributed by atoms with Crippen LogP contribution < -0.4 is 0 Å². The molecule has 1 nitrogen and oxygen atoms in total. The first-order valence-corrected chi connectivity index (χ1v) is 4.69. The van der Waals surface area contributed by atoms with Gasteiger partial charge in [-0.3, -0.25) is 4.99 Å². The second kappa shape index (κ2) is 10.9. The summed E-state index contributed by atoms with van der Waals surface area (Å²) < 4.78 is 0. The van der Waals surface area contributed by atoms with Crippen LogP contribution in [0.5, 0.6) is 0 Å². The number of nitrogens with zero attached hydrogens (tertiary/aromatic N) is 1. The van der Waals surface area contributed by atoms with Crippen molar-refractivity contribution in [1.82, 2.24) is 0 Å². The van der Waals surface area contributed by atoms with Gasteiger partial charge in [-0.25, -0.2) is 0 Å². The van der Waals surface area contributed by atoms with E-state index in [1.165, 1.54) is 12.8 Å². The minimum atomic E-state index is 0.934. The first kappa shape index (κ1) is 11.9. The van der Waals surface area contributed by atoms with Gasteiger partial charge in [0.05, 0.1) is 0 Å². The molecule has 0 rings (SSSR count). The number of hydrogen-bond donors (Lipinski definition) is 0. The van der Waals surface area contributed by atoms with Gasteiger partial charge < -0.3 is 0 Å². The van der Waals surface area contributed by atoms with E-state index in [0.717, 1.165) is 6.54 Å². The Balaban J connectivity index is 3.45. The summed E-state index contributed by atoms with van der Waals surface area (Å²) in [6.07, 6.45) is 15.6. The van der Waals surface area contributed by atoms with Gasteiger partial charge in [-0.1, -0.05) is 43.7 Å². The van der Waals surface area contributed by atoms with Crippen molar-refractivity contribution < 1.29 is 0 Å². The van der Waals surface area contributed by atoms with Crippen molar-refractivity contribution in [3.8, 4) is 0 Å². The van der Waals surface area contributed by atoms with Gasteiger partial charge in [0.2, 0.25) is 0 Å². The zero-order valence-corrected chi connectivity index (χ0v) is 8.32. The third kappa shape index (κ3) is 10.9. The van der Waals surface area contributed by atoms with E-state index in [1.54, 1.807) is 6.08 Å². The zero-order valence-electron chi connectivity index (χ0n) is 8.32. The smallest absolute Gasteiger partial charge is 0.0389 e. The standard InChI is InChI=1S/C12H18N/c1-3-5-7-8-9-10-12-13-11-6-4-2/h3,5,7-10,12H,1,4,6,11H2,2H3/b5-3-,8-7-,10-9-,13-12?. The molecule has 0 N–H and O–H groups in total. The van der Waals surface area contributed by atoms with Crippen LogP contribution >= 0.6 is 0 Å². The zero-order chi connectivity index (χ0) is 9.78. The summed E-state index contributed by atoms with van der Waals surface area (Å²) in [5.41, 5.74) is 0. The molecule has 0 unspecified atom stereocenters. The summed E-state index contributed by atoms with van der Waals surface area (Å²) in [7, 11) is 0. The van der Waals surface area contributed by atoms with E-state index >= 15 is 0 Å². The Bertz CT molecular complexity index is 197. The third-order valence-corrected chi connectivity index (χ3v) is 1.41. The van der Waals surface area contributed by atoms with Crippen LogP contribution in [-0.4, -0.2) is 12.8 Å². The molecule has 0 amide bonds. The van der Waals surface area contributed by atoms with E-state index < -0.39 is 0 Å². The Morgan fingerprint density at radius 1 is 1.08 bits per heavy atom. The van der Waals surface area contributed by atoms with Crippen molar-refractivity contribution in [2.45, 2.75) is 19.8 Å². The van der Waals surface area contributed by atoms with E-state index in [9.17, 15) is 0 Å². The Morgan fingerprint density at radius 3 is 2.46 bits per heavy atom. The first-order chi connectivity index (χ1) is 6.41. The van der Waals surface area contributed by atoms with Crippen LogP contribution in [0.15, 0.2) is 41.4 Å². The van der Waals surface area contributed by atoms with Gasteiger partial charge in [0.15, 0.2) is 0 Å². The van der Waals surface area contributed by atoms with Gasteiger partial charge in [-0.05, 0) is 19.4 Å². The Labute approximate surface area is 81.6 Å². The largest absolute Gasteiger partial charge is 0.293 e. The maximum atomic E-state index is 4.20. The lowest BCUT2D eigenvalue weighted by Crippen LogP contribution is -1.77. The predicted molar refractivity (Wildman–Crippen MR) is 61.0 cm³/mol. The molecule has 0 saturated heterocycles. The molecule has 0 aliphatic heterocycles. The van der Waals surface area contributed by atoms with Crippen LogP contribution in [-0.2, 0) is 0 Å². The highest BCUT2D eigenvalue weighted by Crippen LogP contribution is 1.85. The molecule has 0 aromatic carbocycles. The second-order valence-corrected chi connectivity index (χ2v) is 2.61. The molecule has 0 aliphatic carbocycles. The van der Waals surface area contributed by atoms with Crippen molar-refractivity contribution in [2.75, 3.05) is 6.54 Å². The molecule has 0 aromatic heterocycles. The lowest BCUT2D eigenvalue weighted by Gasteiger charge is -1.85. The third-order valence-electron chi connectivity index (χ3n) is 1.41. The quantitative estimate of drug-likeness (QED) is 0.334. The van der Waals surface area contributed by atoms with Crippen molar-refractivity contribution in [2.24, 2.45) is 4.99 Å². The molecule has 0 saturated carbocycles. The lowest BCUT2D eigenvalue weighted by molar-refractivity contribution is 0.810. The minimum absolute atomic E-state index is 0.934. The molecular weight excluding hydrogens is 158 g/mol. The van der Waals surface area contributed by atoms with Crippen molar-refractivity contribution >= 4 is 6.21 Å². The van der Waals surface area contributed by atoms with Gasteiger partial charge in [0, 0.05) is 12.8 Å². The summed E-state index contributed by atoms with van der Waals surface area (Å²) in [4.78, 5) is 4.20. The van der Waals surface area contributed by atoms with Crippen molar-refractivity contribution in [3.05, 3.63) is 43.4 Å². The van der Waals surface area contributed by atoms with Gasteiger partial charge in [0.1, 0.15) is 0 Å².